The van der Waals surface area contributed by atoms with E-state index in [4.69, 9.17) is 18.9 Å². The van der Waals surface area contributed by atoms with Crippen LogP contribution in [0.5, 0.6) is 11.5 Å². The molecule has 8 nitrogen and oxygen atoms in total. The number of anilines is 1. The molecule has 0 unspecified atom stereocenters. The number of aromatic nitrogens is 1. The summed E-state index contributed by atoms with van der Waals surface area (Å²) in [6.07, 6.45) is 5.92. The van der Waals surface area contributed by atoms with E-state index < -0.39 is 0 Å². The van der Waals surface area contributed by atoms with Crippen molar-refractivity contribution in [2.24, 2.45) is 0 Å². The molecule has 0 aliphatic carbocycles. The van der Waals surface area contributed by atoms with Gasteiger partial charge < -0.3 is 29.2 Å². The van der Waals surface area contributed by atoms with E-state index in [2.05, 4.69) is 45.3 Å². The number of methoxy groups -OCH3 is 2. The molecule has 9 heteroatoms. The van der Waals surface area contributed by atoms with Gasteiger partial charge in [-0.2, -0.15) is 0 Å². The fourth-order valence-corrected chi connectivity index (χ4v) is 4.67. The van der Waals surface area contributed by atoms with E-state index in [9.17, 15) is 4.79 Å². The van der Waals surface area contributed by atoms with Crippen molar-refractivity contribution >= 4 is 38.3 Å². The van der Waals surface area contributed by atoms with Gasteiger partial charge in [0, 0.05) is 59.7 Å². The number of nitrogens with zero attached hydrogens (tertiary/aromatic N) is 2. The maximum atomic E-state index is 13.5. The topological polar surface area (TPSA) is 74.2 Å². The first kappa shape index (κ1) is 24.5. The molecule has 1 aliphatic rings. The van der Waals surface area contributed by atoms with Crippen molar-refractivity contribution in [2.75, 3.05) is 53.3 Å². The average Bonchev–Trinajstić information content (AvgIpc) is 3.26. The first-order valence-electron chi connectivity index (χ1n) is 11.2. The van der Waals surface area contributed by atoms with Crippen LogP contribution in [-0.4, -0.2) is 69.4 Å². The Kier molecular flexibility index (Phi) is 8.10. The second kappa shape index (κ2) is 11.2. The van der Waals surface area contributed by atoms with Crippen LogP contribution in [-0.2, 0) is 9.47 Å². The van der Waals surface area contributed by atoms with Crippen LogP contribution in [0.1, 0.15) is 23.2 Å². The van der Waals surface area contributed by atoms with Crippen LogP contribution in [0.2, 0.25) is 0 Å². The summed E-state index contributed by atoms with van der Waals surface area (Å²) in [5.41, 5.74) is 1.45. The molecule has 1 saturated heterocycles. The first-order chi connectivity index (χ1) is 16.5. The lowest BCUT2D eigenvalue weighted by atomic mass is 10.0. The monoisotopic (exact) mass is 531 g/mol. The number of benzene rings is 2. The number of hydrogen-bond acceptors (Lipinski definition) is 7. The van der Waals surface area contributed by atoms with Crippen molar-refractivity contribution < 1.29 is 23.7 Å². The van der Waals surface area contributed by atoms with E-state index in [-0.39, 0.29) is 19.5 Å². The summed E-state index contributed by atoms with van der Waals surface area (Å²) < 4.78 is 23.4. The smallest absolute Gasteiger partial charge is 0.266 e. The number of ether oxygens (including phenoxy) is 4. The van der Waals surface area contributed by atoms with Crippen molar-refractivity contribution in [3.8, 4) is 11.5 Å². The van der Waals surface area contributed by atoms with E-state index in [0.717, 1.165) is 42.4 Å². The number of fused-ring (bicyclic) bond motifs is 1. The molecule has 1 fully saturated rings. The van der Waals surface area contributed by atoms with E-state index in [0.29, 0.717) is 27.6 Å². The summed E-state index contributed by atoms with van der Waals surface area (Å²) >= 11 is 3.51. The molecular weight excluding hydrogens is 502 g/mol. The molecular formula is C25H30BrN3O5. The van der Waals surface area contributed by atoms with Crippen LogP contribution >= 0.6 is 15.9 Å². The Balaban J connectivity index is 1.59. The summed E-state index contributed by atoms with van der Waals surface area (Å²) in [4.78, 5) is 15.9. The molecule has 34 heavy (non-hydrogen) atoms. The maximum absolute atomic E-state index is 13.5. The molecule has 3 aromatic rings. The van der Waals surface area contributed by atoms with Gasteiger partial charge in [0.05, 0.1) is 5.56 Å². The van der Waals surface area contributed by atoms with E-state index in [1.165, 1.54) is 7.11 Å². The lowest BCUT2D eigenvalue weighted by molar-refractivity contribution is 0.0454. The van der Waals surface area contributed by atoms with Gasteiger partial charge >= 0.3 is 0 Å². The summed E-state index contributed by atoms with van der Waals surface area (Å²) in [6, 6.07) is 10.0. The van der Waals surface area contributed by atoms with Crippen molar-refractivity contribution in [1.29, 1.82) is 0 Å². The van der Waals surface area contributed by atoms with Gasteiger partial charge in [-0.15, -0.1) is 0 Å². The molecule has 0 radical (unpaired) electrons. The molecule has 1 aliphatic heterocycles. The SMILES string of the molecule is COCOc1cc(Br)c(C(=O)n2cc3ccc(NC4CCN(C)CC4)cc3c2)c(OCOC)c1. The third kappa shape index (κ3) is 5.72. The van der Waals surface area contributed by atoms with Crippen LogP contribution in [0.25, 0.3) is 10.8 Å². The Bertz CT molecular complexity index is 1140. The highest BCUT2D eigenvalue weighted by molar-refractivity contribution is 9.10. The third-order valence-electron chi connectivity index (χ3n) is 5.88. The number of likely N-dealkylation sites (tertiary alicyclic amines) is 1. The normalized spacial score (nSPS) is 14.9. The largest absolute Gasteiger partial charge is 0.467 e. The Labute approximate surface area is 207 Å². The van der Waals surface area contributed by atoms with Gasteiger partial charge in [-0.3, -0.25) is 9.36 Å². The molecule has 2 heterocycles. The summed E-state index contributed by atoms with van der Waals surface area (Å²) in [7, 11) is 5.23. The number of piperidine rings is 1. The minimum atomic E-state index is -0.225. The van der Waals surface area contributed by atoms with Crippen molar-refractivity contribution in [2.45, 2.75) is 18.9 Å². The molecule has 1 N–H and O–H groups in total. The predicted octanol–water partition coefficient (Wildman–Crippen LogP) is 4.56. The lowest BCUT2D eigenvalue weighted by Gasteiger charge is -2.30. The highest BCUT2D eigenvalue weighted by Gasteiger charge is 2.21. The van der Waals surface area contributed by atoms with Gasteiger partial charge in [0.1, 0.15) is 11.5 Å². The van der Waals surface area contributed by atoms with Crippen LogP contribution < -0.4 is 14.8 Å². The number of carbonyl (C=O) groups excluding carboxylic acids is 1. The number of halogens is 1. The zero-order chi connectivity index (χ0) is 24.1. The van der Waals surface area contributed by atoms with Gasteiger partial charge in [-0.25, -0.2) is 0 Å². The lowest BCUT2D eigenvalue weighted by Crippen LogP contribution is -2.36. The molecule has 0 atom stereocenters. The molecule has 182 valence electrons. The van der Waals surface area contributed by atoms with Crippen LogP contribution in [0.3, 0.4) is 0 Å². The Morgan fingerprint density at radius 3 is 2.47 bits per heavy atom. The average molecular weight is 532 g/mol. The number of rotatable bonds is 9. The quantitative estimate of drug-likeness (QED) is 0.405. The van der Waals surface area contributed by atoms with Crippen molar-refractivity contribution in [3.05, 3.63) is 52.8 Å². The van der Waals surface area contributed by atoms with Gasteiger partial charge in [-0.05, 0) is 67.1 Å². The van der Waals surface area contributed by atoms with E-state index in [1.807, 2.05) is 18.5 Å². The molecule has 0 bridgehead atoms. The van der Waals surface area contributed by atoms with Gasteiger partial charge in [0.2, 0.25) is 0 Å². The van der Waals surface area contributed by atoms with Crippen molar-refractivity contribution in [1.82, 2.24) is 9.47 Å². The fraction of sp³-hybridized carbons (Fsp3) is 0.400. The van der Waals surface area contributed by atoms with Gasteiger partial charge in [-0.1, -0.05) is 6.07 Å². The maximum Gasteiger partial charge on any atom is 0.266 e. The highest BCUT2D eigenvalue weighted by atomic mass is 79.9. The molecule has 1 aromatic heterocycles. The zero-order valence-electron chi connectivity index (χ0n) is 19.7. The van der Waals surface area contributed by atoms with Crippen LogP contribution in [0.15, 0.2) is 47.2 Å². The number of carbonyl (C=O) groups is 1. The molecule has 0 amide bonds. The highest BCUT2D eigenvalue weighted by Crippen LogP contribution is 2.34. The first-order valence-corrected chi connectivity index (χ1v) is 12.0. The Morgan fingerprint density at radius 2 is 1.74 bits per heavy atom. The summed E-state index contributed by atoms with van der Waals surface area (Å²) in [6.45, 7) is 2.28. The second-order valence-electron chi connectivity index (χ2n) is 8.42. The fourth-order valence-electron chi connectivity index (χ4n) is 4.08. The Morgan fingerprint density at radius 1 is 1.03 bits per heavy atom. The van der Waals surface area contributed by atoms with E-state index in [1.54, 1.807) is 23.8 Å². The van der Waals surface area contributed by atoms with Crippen LogP contribution in [0.4, 0.5) is 5.69 Å². The second-order valence-corrected chi connectivity index (χ2v) is 9.27. The molecule has 0 saturated carbocycles. The summed E-state index contributed by atoms with van der Waals surface area (Å²) in [5, 5.41) is 5.61. The third-order valence-corrected chi connectivity index (χ3v) is 6.51. The molecule has 2 aromatic carbocycles. The van der Waals surface area contributed by atoms with Gasteiger partial charge in [0.15, 0.2) is 13.6 Å². The van der Waals surface area contributed by atoms with Crippen LogP contribution in [0, 0.1) is 0 Å². The van der Waals surface area contributed by atoms with E-state index >= 15 is 0 Å². The predicted molar refractivity (Wildman–Crippen MR) is 135 cm³/mol. The zero-order valence-corrected chi connectivity index (χ0v) is 21.3. The van der Waals surface area contributed by atoms with Crippen molar-refractivity contribution in [3.63, 3.8) is 0 Å². The number of hydrogen-bond donors (Lipinski definition) is 1. The minimum Gasteiger partial charge on any atom is -0.467 e. The Hall–Kier alpha value is -2.59. The van der Waals surface area contributed by atoms with Gasteiger partial charge in [0.25, 0.3) is 5.91 Å². The standard InChI is InChI=1S/C25H30BrN3O5/c1-28-8-6-19(7-9-28)27-20-5-4-17-13-29(14-18(17)10-20)25(30)24-22(26)11-21(33-15-31-2)12-23(24)34-16-32-3/h4-5,10-14,19,27H,6-9,15-16H2,1-3H3. The minimum absolute atomic E-state index is 0.0000918. The molecule has 0 spiro atoms. The number of nitrogens with one attached hydrogen (secondary N) is 1. The molecule has 4 rings (SSSR count). The summed E-state index contributed by atoms with van der Waals surface area (Å²) in [5.74, 6) is 0.644.